The topological polar surface area (TPSA) is 28.5 Å². The van der Waals surface area contributed by atoms with Gasteiger partial charge in [-0.3, -0.25) is 0 Å². The lowest BCUT2D eigenvalue weighted by atomic mass is 10.1. The highest BCUT2D eigenvalue weighted by atomic mass is 35.5. The Morgan fingerprint density at radius 2 is 1.78 bits per heavy atom. The summed E-state index contributed by atoms with van der Waals surface area (Å²) < 4.78 is 4.72. The van der Waals surface area contributed by atoms with E-state index in [9.17, 15) is 0 Å². The highest BCUT2D eigenvalue weighted by molar-refractivity contribution is 6.30. The van der Waals surface area contributed by atoms with Gasteiger partial charge >= 0.3 is 5.78 Å². The Labute approximate surface area is 164 Å². The molecule has 0 spiro atoms. The number of H-pyrrole nitrogens is 1. The fourth-order valence-corrected chi connectivity index (χ4v) is 4.49. The zero-order valence-electron chi connectivity index (χ0n) is 15.4. The second-order valence-corrected chi connectivity index (χ2v) is 8.01. The van der Waals surface area contributed by atoms with E-state index in [4.69, 9.17) is 11.6 Å². The van der Waals surface area contributed by atoms with E-state index in [2.05, 4.69) is 56.5 Å². The zero-order chi connectivity index (χ0) is 18.2. The van der Waals surface area contributed by atoms with Crippen molar-refractivity contribution in [2.75, 3.05) is 19.6 Å². The molecule has 0 aliphatic carbocycles. The molecule has 3 heterocycles. The molecule has 138 valence electrons. The highest BCUT2D eigenvalue weighted by Crippen LogP contribution is 2.23. The molecule has 2 aromatic carbocycles. The van der Waals surface area contributed by atoms with Gasteiger partial charge < -0.3 is 4.90 Å². The van der Waals surface area contributed by atoms with E-state index >= 15 is 0 Å². The number of hydrogen-bond acceptors (Lipinski definition) is 0. The van der Waals surface area contributed by atoms with Crippen molar-refractivity contribution in [3.8, 4) is 11.3 Å². The minimum absolute atomic E-state index is 0.766. The van der Waals surface area contributed by atoms with Crippen molar-refractivity contribution >= 4 is 28.4 Å². The van der Waals surface area contributed by atoms with Crippen molar-refractivity contribution < 1.29 is 9.47 Å². The number of quaternary nitrogens is 1. The molecule has 0 amide bonds. The summed E-state index contributed by atoms with van der Waals surface area (Å²) in [5.74, 6) is 1.15. The van der Waals surface area contributed by atoms with Crippen LogP contribution in [0.25, 0.3) is 28.1 Å². The minimum atomic E-state index is 0.766. The molecule has 0 atom stereocenters. The molecule has 0 unspecified atom stereocenters. The summed E-state index contributed by atoms with van der Waals surface area (Å²) in [5, 5.41) is 0.766. The molecule has 1 aliphatic heterocycles. The Morgan fingerprint density at radius 3 is 2.59 bits per heavy atom. The lowest BCUT2D eigenvalue weighted by Crippen LogP contribution is -3.13. The summed E-state index contributed by atoms with van der Waals surface area (Å²) in [6.45, 7) is 4.85. The average Bonchev–Trinajstić information content (AvgIpc) is 3.26. The van der Waals surface area contributed by atoms with Gasteiger partial charge in [0.2, 0.25) is 0 Å². The van der Waals surface area contributed by atoms with Crippen molar-refractivity contribution in [2.24, 2.45) is 0 Å². The predicted molar refractivity (Wildman–Crippen MR) is 109 cm³/mol. The van der Waals surface area contributed by atoms with Crippen LogP contribution in [0.1, 0.15) is 19.3 Å². The van der Waals surface area contributed by atoms with E-state index in [1.165, 1.54) is 49.9 Å². The van der Waals surface area contributed by atoms with Gasteiger partial charge in [0, 0.05) is 10.6 Å². The summed E-state index contributed by atoms with van der Waals surface area (Å²) in [7, 11) is 0. The van der Waals surface area contributed by atoms with Crippen LogP contribution in [0.5, 0.6) is 0 Å². The molecule has 0 saturated carbocycles. The quantitative estimate of drug-likeness (QED) is 0.509. The van der Waals surface area contributed by atoms with Crippen LogP contribution in [-0.2, 0) is 6.54 Å². The van der Waals surface area contributed by atoms with E-state index in [0.29, 0.717) is 0 Å². The number of benzene rings is 2. The van der Waals surface area contributed by atoms with Crippen LogP contribution >= 0.6 is 11.6 Å². The zero-order valence-corrected chi connectivity index (χ0v) is 16.2. The second kappa shape index (κ2) is 7.02. The Balaban J connectivity index is 1.55. The number of imidazole rings is 2. The largest absolute Gasteiger partial charge is 0.368 e. The SMILES string of the molecule is Clc1ccc(-c2cn3c4ccccc4[n+](CC[NH+]4CCCCC4)c3[nH]2)cc1. The number of rotatable bonds is 4. The van der Waals surface area contributed by atoms with Crippen LogP contribution in [0.2, 0.25) is 5.02 Å². The number of nitrogens with zero attached hydrogens (tertiary/aromatic N) is 2. The molecule has 4 aromatic rings. The Kier molecular flexibility index (Phi) is 4.38. The van der Waals surface area contributed by atoms with Gasteiger partial charge in [-0.05, 0) is 55.7 Å². The number of aromatic nitrogens is 3. The number of halogens is 1. The van der Waals surface area contributed by atoms with Gasteiger partial charge in [0.05, 0.1) is 13.1 Å². The number of nitrogens with one attached hydrogen (secondary N) is 2. The summed E-state index contributed by atoms with van der Waals surface area (Å²) in [6, 6.07) is 16.7. The fourth-order valence-electron chi connectivity index (χ4n) is 4.37. The molecule has 1 saturated heterocycles. The maximum atomic E-state index is 6.05. The Morgan fingerprint density at radius 1 is 1.00 bits per heavy atom. The van der Waals surface area contributed by atoms with Crippen LogP contribution < -0.4 is 9.47 Å². The smallest absolute Gasteiger partial charge is 0.332 e. The van der Waals surface area contributed by atoms with Crippen molar-refractivity contribution in [3.05, 3.63) is 59.8 Å². The summed E-state index contributed by atoms with van der Waals surface area (Å²) >= 11 is 6.05. The van der Waals surface area contributed by atoms with Gasteiger partial charge in [0.15, 0.2) is 0 Å². The first-order valence-electron chi connectivity index (χ1n) is 9.91. The van der Waals surface area contributed by atoms with Crippen molar-refractivity contribution in [1.82, 2.24) is 9.38 Å². The number of para-hydroxylation sites is 2. The van der Waals surface area contributed by atoms with E-state index in [1.807, 2.05) is 12.1 Å². The van der Waals surface area contributed by atoms with Gasteiger partial charge in [0.25, 0.3) is 0 Å². The molecule has 5 rings (SSSR count). The average molecular weight is 381 g/mol. The Bertz CT molecular complexity index is 1070. The lowest BCUT2D eigenvalue weighted by Gasteiger charge is -2.22. The molecule has 2 N–H and O–H groups in total. The van der Waals surface area contributed by atoms with E-state index in [0.717, 1.165) is 28.6 Å². The number of fused-ring (bicyclic) bond motifs is 3. The van der Waals surface area contributed by atoms with Gasteiger partial charge in [-0.25, -0.2) is 9.55 Å². The van der Waals surface area contributed by atoms with E-state index in [1.54, 1.807) is 4.90 Å². The third kappa shape index (κ3) is 3.13. The summed E-state index contributed by atoms with van der Waals surface area (Å²) in [5.41, 5.74) is 4.81. The first-order valence-corrected chi connectivity index (χ1v) is 10.3. The first kappa shape index (κ1) is 16.8. The normalized spacial score (nSPS) is 15.7. The molecular formula is C22H25ClN4+2. The molecular weight excluding hydrogens is 356 g/mol. The van der Waals surface area contributed by atoms with Crippen molar-refractivity contribution in [3.63, 3.8) is 0 Å². The number of piperidine rings is 1. The summed E-state index contributed by atoms with van der Waals surface area (Å²) in [4.78, 5) is 5.39. The third-order valence-corrected chi connectivity index (χ3v) is 6.08. The van der Waals surface area contributed by atoms with E-state index in [-0.39, 0.29) is 0 Å². The maximum Gasteiger partial charge on any atom is 0.368 e. The standard InChI is InChI=1S/C22H23ClN4/c23-18-10-8-17(9-11-18)19-16-27-21-7-3-2-6-20(21)26(22(27)24-19)15-14-25-12-4-1-5-13-25/h2-3,6-11,16H,1,4-5,12-15H2/p+2. The maximum absolute atomic E-state index is 6.05. The third-order valence-electron chi connectivity index (χ3n) is 5.83. The van der Waals surface area contributed by atoms with Crippen molar-refractivity contribution in [2.45, 2.75) is 25.8 Å². The monoisotopic (exact) mass is 380 g/mol. The van der Waals surface area contributed by atoms with Crippen LogP contribution in [0.4, 0.5) is 0 Å². The molecule has 5 heteroatoms. The number of aromatic amines is 1. The minimum Gasteiger partial charge on any atom is -0.332 e. The predicted octanol–water partition coefficient (Wildman–Crippen LogP) is 3.10. The highest BCUT2D eigenvalue weighted by Gasteiger charge is 2.23. The number of likely N-dealkylation sites (tertiary alicyclic amines) is 1. The van der Waals surface area contributed by atoms with Gasteiger partial charge in [-0.2, -0.15) is 4.40 Å². The molecule has 0 radical (unpaired) electrons. The van der Waals surface area contributed by atoms with Gasteiger partial charge in [0.1, 0.15) is 36.0 Å². The molecule has 27 heavy (non-hydrogen) atoms. The summed E-state index contributed by atoms with van der Waals surface area (Å²) in [6.07, 6.45) is 6.34. The van der Waals surface area contributed by atoms with Crippen LogP contribution in [0.3, 0.4) is 0 Å². The Hall–Kier alpha value is -2.30. The number of hydrogen-bond donors (Lipinski definition) is 2. The fraction of sp³-hybridized carbons (Fsp3) is 0.318. The lowest BCUT2D eigenvalue weighted by molar-refractivity contribution is -0.920. The molecule has 0 bridgehead atoms. The molecule has 1 fully saturated rings. The van der Waals surface area contributed by atoms with Crippen molar-refractivity contribution in [1.29, 1.82) is 0 Å². The van der Waals surface area contributed by atoms with Gasteiger partial charge in [-0.15, -0.1) is 0 Å². The van der Waals surface area contributed by atoms with Crippen LogP contribution in [-0.4, -0.2) is 29.0 Å². The second-order valence-electron chi connectivity index (χ2n) is 7.57. The first-order chi connectivity index (χ1) is 13.3. The van der Waals surface area contributed by atoms with E-state index < -0.39 is 0 Å². The van der Waals surface area contributed by atoms with Crippen LogP contribution in [0, 0.1) is 0 Å². The molecule has 4 nitrogen and oxygen atoms in total. The van der Waals surface area contributed by atoms with Gasteiger partial charge in [-0.1, -0.05) is 23.7 Å². The molecule has 1 aliphatic rings. The molecule has 2 aromatic heterocycles. The van der Waals surface area contributed by atoms with Crippen LogP contribution in [0.15, 0.2) is 54.7 Å².